The molecule has 1 saturated heterocycles. The Bertz CT molecular complexity index is 714. The number of sulfonamides is 1. The maximum atomic E-state index is 13.0. The van der Waals surface area contributed by atoms with E-state index in [0.717, 1.165) is 12.1 Å². The van der Waals surface area contributed by atoms with Crippen molar-refractivity contribution < 1.29 is 36.2 Å². The molecule has 0 spiro atoms. The number of hydrogen-bond donors (Lipinski definition) is 2. The Morgan fingerprint density at radius 2 is 1.88 bits per heavy atom. The highest BCUT2D eigenvalue weighted by Gasteiger charge is 2.37. The number of carboxylic acids is 1. The van der Waals surface area contributed by atoms with Gasteiger partial charge in [-0.05, 0) is 30.9 Å². The SMILES string of the molecule is O=C(O)C(CNS(=O)(=O)c1ccccc1C(F)(F)F)C1CCOCC1. The van der Waals surface area contributed by atoms with Crippen LogP contribution in [0.3, 0.4) is 0 Å². The summed E-state index contributed by atoms with van der Waals surface area (Å²) in [5.74, 6) is -2.53. The molecular weight excluding hydrogens is 363 g/mol. The first kappa shape index (κ1) is 19.7. The van der Waals surface area contributed by atoms with Crippen LogP contribution in [-0.2, 0) is 25.7 Å². The molecule has 1 fully saturated rings. The lowest BCUT2D eigenvalue weighted by molar-refractivity contribution is -0.144. The highest BCUT2D eigenvalue weighted by Crippen LogP contribution is 2.34. The molecule has 0 aliphatic carbocycles. The molecule has 25 heavy (non-hydrogen) atoms. The Labute approximate surface area is 143 Å². The van der Waals surface area contributed by atoms with Crippen molar-refractivity contribution in [3.05, 3.63) is 29.8 Å². The predicted octanol–water partition coefficient (Wildman–Crippen LogP) is 2.11. The van der Waals surface area contributed by atoms with Gasteiger partial charge >= 0.3 is 12.1 Å². The highest BCUT2D eigenvalue weighted by atomic mass is 32.2. The van der Waals surface area contributed by atoms with Gasteiger partial charge in [0.2, 0.25) is 10.0 Å². The fraction of sp³-hybridized carbons (Fsp3) is 0.533. The fourth-order valence-corrected chi connectivity index (χ4v) is 4.07. The number of carboxylic acid groups (broad SMARTS) is 1. The quantitative estimate of drug-likeness (QED) is 0.787. The Balaban J connectivity index is 2.19. The third-order valence-corrected chi connectivity index (χ3v) is 5.61. The van der Waals surface area contributed by atoms with E-state index in [1.54, 1.807) is 0 Å². The summed E-state index contributed by atoms with van der Waals surface area (Å²) >= 11 is 0. The molecule has 2 rings (SSSR count). The first-order chi connectivity index (χ1) is 11.6. The van der Waals surface area contributed by atoms with Gasteiger partial charge in [-0.25, -0.2) is 13.1 Å². The number of benzene rings is 1. The summed E-state index contributed by atoms with van der Waals surface area (Å²) in [6.45, 7) is 0.269. The molecule has 0 bridgehead atoms. The molecule has 0 saturated carbocycles. The molecule has 140 valence electrons. The van der Waals surface area contributed by atoms with E-state index in [4.69, 9.17) is 4.74 Å². The van der Waals surface area contributed by atoms with E-state index < -0.39 is 45.1 Å². The monoisotopic (exact) mass is 381 g/mol. The standard InChI is InChI=1S/C15H18F3NO5S/c16-15(17,18)12-3-1-2-4-13(12)25(22,23)19-9-11(14(20)21)10-5-7-24-8-6-10/h1-4,10-11,19H,5-9H2,(H,20,21). The van der Waals surface area contributed by atoms with Crippen molar-refractivity contribution in [2.24, 2.45) is 11.8 Å². The molecule has 0 radical (unpaired) electrons. The van der Waals surface area contributed by atoms with Gasteiger partial charge in [0.25, 0.3) is 0 Å². The van der Waals surface area contributed by atoms with Crippen LogP contribution >= 0.6 is 0 Å². The first-order valence-corrected chi connectivity index (χ1v) is 9.07. The molecule has 1 unspecified atom stereocenters. The minimum atomic E-state index is -4.84. The summed E-state index contributed by atoms with van der Waals surface area (Å²) in [6, 6.07) is 3.78. The number of aliphatic carboxylic acids is 1. The van der Waals surface area contributed by atoms with Crippen LogP contribution in [-0.4, -0.2) is 39.3 Å². The lowest BCUT2D eigenvalue weighted by Crippen LogP contribution is -2.39. The van der Waals surface area contributed by atoms with E-state index in [0.29, 0.717) is 32.1 Å². The molecule has 0 aromatic heterocycles. The van der Waals surface area contributed by atoms with Gasteiger partial charge in [-0.1, -0.05) is 12.1 Å². The van der Waals surface area contributed by atoms with Gasteiger partial charge in [0.05, 0.1) is 16.4 Å². The van der Waals surface area contributed by atoms with Gasteiger partial charge in [-0.3, -0.25) is 4.79 Å². The van der Waals surface area contributed by atoms with Crippen molar-refractivity contribution in [1.82, 2.24) is 4.72 Å². The topological polar surface area (TPSA) is 92.7 Å². The van der Waals surface area contributed by atoms with Crippen molar-refractivity contribution in [2.45, 2.75) is 23.9 Å². The van der Waals surface area contributed by atoms with Crippen LogP contribution in [0.5, 0.6) is 0 Å². The number of carbonyl (C=O) groups is 1. The zero-order valence-electron chi connectivity index (χ0n) is 13.1. The van der Waals surface area contributed by atoms with Gasteiger partial charge in [0, 0.05) is 19.8 Å². The van der Waals surface area contributed by atoms with Crippen LogP contribution in [0, 0.1) is 11.8 Å². The van der Waals surface area contributed by atoms with Crippen LogP contribution in [0.2, 0.25) is 0 Å². The number of alkyl halides is 3. The van der Waals surface area contributed by atoms with Crippen molar-refractivity contribution in [2.75, 3.05) is 19.8 Å². The highest BCUT2D eigenvalue weighted by molar-refractivity contribution is 7.89. The third kappa shape index (κ3) is 4.93. The van der Waals surface area contributed by atoms with E-state index in [-0.39, 0.29) is 5.92 Å². The van der Waals surface area contributed by atoms with Gasteiger partial charge in [-0.15, -0.1) is 0 Å². The molecule has 1 heterocycles. The molecular formula is C15H18F3NO5S. The van der Waals surface area contributed by atoms with Gasteiger partial charge in [-0.2, -0.15) is 13.2 Å². The van der Waals surface area contributed by atoms with Crippen molar-refractivity contribution >= 4 is 16.0 Å². The van der Waals surface area contributed by atoms with E-state index >= 15 is 0 Å². The molecule has 1 atom stereocenters. The smallest absolute Gasteiger partial charge is 0.417 e. The minimum Gasteiger partial charge on any atom is -0.481 e. The molecule has 0 amide bonds. The van der Waals surface area contributed by atoms with E-state index in [1.165, 1.54) is 6.07 Å². The zero-order chi connectivity index (χ0) is 18.7. The van der Waals surface area contributed by atoms with Crippen molar-refractivity contribution in [3.63, 3.8) is 0 Å². The Kier molecular flexibility index (Phi) is 6.07. The van der Waals surface area contributed by atoms with Gasteiger partial charge < -0.3 is 9.84 Å². The maximum Gasteiger partial charge on any atom is 0.417 e. The predicted molar refractivity (Wildman–Crippen MR) is 81.3 cm³/mol. The van der Waals surface area contributed by atoms with Gasteiger partial charge in [0.1, 0.15) is 0 Å². The Morgan fingerprint density at radius 3 is 2.44 bits per heavy atom. The molecule has 10 heteroatoms. The van der Waals surface area contributed by atoms with Gasteiger partial charge in [0.15, 0.2) is 0 Å². The number of hydrogen-bond acceptors (Lipinski definition) is 4. The summed E-state index contributed by atoms with van der Waals surface area (Å²) in [7, 11) is -4.51. The van der Waals surface area contributed by atoms with E-state index in [2.05, 4.69) is 0 Å². The second-order valence-corrected chi connectivity index (χ2v) is 7.48. The fourth-order valence-electron chi connectivity index (χ4n) is 2.79. The van der Waals surface area contributed by atoms with Crippen LogP contribution in [0.15, 0.2) is 29.2 Å². The lowest BCUT2D eigenvalue weighted by atomic mass is 9.86. The minimum absolute atomic E-state index is 0.299. The van der Waals surface area contributed by atoms with Crippen LogP contribution in [0.4, 0.5) is 13.2 Å². The van der Waals surface area contributed by atoms with E-state index in [1.807, 2.05) is 4.72 Å². The Morgan fingerprint density at radius 1 is 1.28 bits per heavy atom. The molecule has 1 aliphatic rings. The van der Waals surface area contributed by atoms with Crippen molar-refractivity contribution in [1.29, 1.82) is 0 Å². The van der Waals surface area contributed by atoms with Crippen LogP contribution < -0.4 is 4.72 Å². The summed E-state index contributed by atoms with van der Waals surface area (Å²) < 4.78 is 70.7. The van der Waals surface area contributed by atoms with E-state index in [9.17, 15) is 31.5 Å². The van der Waals surface area contributed by atoms with Crippen LogP contribution in [0.1, 0.15) is 18.4 Å². The normalized spacial score (nSPS) is 18.0. The first-order valence-electron chi connectivity index (χ1n) is 7.59. The Hall–Kier alpha value is -1.65. The average molecular weight is 381 g/mol. The van der Waals surface area contributed by atoms with Crippen LogP contribution in [0.25, 0.3) is 0 Å². The largest absolute Gasteiger partial charge is 0.481 e. The molecule has 2 N–H and O–H groups in total. The molecule has 1 aromatic carbocycles. The number of nitrogens with one attached hydrogen (secondary N) is 1. The summed E-state index contributed by atoms with van der Waals surface area (Å²) in [4.78, 5) is 10.5. The lowest BCUT2D eigenvalue weighted by Gasteiger charge is -2.27. The molecule has 6 nitrogen and oxygen atoms in total. The maximum absolute atomic E-state index is 13.0. The number of rotatable bonds is 6. The zero-order valence-corrected chi connectivity index (χ0v) is 13.9. The third-order valence-electron chi connectivity index (χ3n) is 4.13. The number of halogens is 3. The second-order valence-electron chi connectivity index (χ2n) is 5.74. The summed E-state index contributed by atoms with van der Waals surface area (Å²) in [5, 5.41) is 9.32. The second kappa shape index (κ2) is 7.71. The van der Waals surface area contributed by atoms with Crippen molar-refractivity contribution in [3.8, 4) is 0 Å². The number of ether oxygens (including phenoxy) is 1. The molecule has 1 aromatic rings. The molecule has 1 aliphatic heterocycles. The average Bonchev–Trinajstić information content (AvgIpc) is 2.55. The summed E-state index contributed by atoms with van der Waals surface area (Å²) in [6.07, 6.45) is -3.92. The summed E-state index contributed by atoms with van der Waals surface area (Å²) in [5.41, 5.74) is -1.29.